The molecule has 0 aliphatic carbocycles. The Labute approximate surface area is 245 Å². The van der Waals surface area contributed by atoms with Gasteiger partial charge in [0.1, 0.15) is 17.1 Å². The fourth-order valence-electron chi connectivity index (χ4n) is 5.95. The van der Waals surface area contributed by atoms with E-state index in [2.05, 4.69) is 66.2 Å². The van der Waals surface area contributed by atoms with E-state index in [-0.39, 0.29) is 18.4 Å². The lowest BCUT2D eigenvalue weighted by atomic mass is 9.86. The van der Waals surface area contributed by atoms with Crippen LogP contribution in [0, 0.1) is 0 Å². The number of benzene rings is 2. The summed E-state index contributed by atoms with van der Waals surface area (Å²) in [5.74, 6) is 1.20. The minimum absolute atomic E-state index is 0. The van der Waals surface area contributed by atoms with Gasteiger partial charge in [0.25, 0.3) is 0 Å². The van der Waals surface area contributed by atoms with E-state index in [4.69, 9.17) is 9.47 Å². The van der Waals surface area contributed by atoms with E-state index in [0.717, 1.165) is 86.2 Å². The number of aromatic nitrogens is 1. The van der Waals surface area contributed by atoms with E-state index in [1.807, 2.05) is 12.3 Å². The van der Waals surface area contributed by atoms with Crippen LogP contribution in [0.2, 0.25) is 0 Å². The second-order valence-corrected chi connectivity index (χ2v) is 11.5. The van der Waals surface area contributed by atoms with Crippen LogP contribution >= 0.6 is 12.4 Å². The third-order valence-corrected chi connectivity index (χ3v) is 8.03. The molecule has 3 heterocycles. The molecular weight excluding hydrogens is 520 g/mol. The molecule has 0 N–H and O–H groups in total. The smallest absolute Gasteiger partial charge is 0.311 e. The molecule has 0 bridgehead atoms. The van der Waals surface area contributed by atoms with E-state index < -0.39 is 5.60 Å². The number of nitrogens with zero attached hydrogens (tertiary/aromatic N) is 2. The van der Waals surface area contributed by atoms with Crippen LogP contribution in [-0.4, -0.2) is 35.5 Å². The minimum Gasteiger partial charge on any atom is -0.482 e. The molecule has 214 valence electrons. The van der Waals surface area contributed by atoms with Gasteiger partial charge in [0, 0.05) is 29.9 Å². The van der Waals surface area contributed by atoms with Crippen molar-refractivity contribution in [3.63, 3.8) is 0 Å². The predicted octanol–water partition coefficient (Wildman–Crippen LogP) is 7.92. The topological polar surface area (TPSA) is 51.7 Å². The summed E-state index contributed by atoms with van der Waals surface area (Å²) in [4.78, 5) is 19.9. The van der Waals surface area contributed by atoms with Gasteiger partial charge in [-0.1, -0.05) is 43.2 Å². The molecule has 1 aromatic heterocycles. The Hall–Kier alpha value is -2.89. The summed E-state index contributed by atoms with van der Waals surface area (Å²) < 4.78 is 12.6. The average molecular weight is 563 g/mol. The Kier molecular flexibility index (Phi) is 10.6. The predicted molar refractivity (Wildman–Crippen MR) is 163 cm³/mol. The summed E-state index contributed by atoms with van der Waals surface area (Å²) >= 11 is 0. The van der Waals surface area contributed by atoms with Gasteiger partial charge in [-0.3, -0.25) is 9.78 Å². The SMILES string of the molecule is CC1(C)Oc2cc(CCCCCc3ccccc3)cc(OC(=O)CCCN3CCCCC3)c2-c2cnccc21.Cl. The lowest BCUT2D eigenvalue weighted by Crippen LogP contribution is -2.31. The molecule has 0 radical (unpaired) electrons. The van der Waals surface area contributed by atoms with E-state index in [1.54, 1.807) is 6.20 Å². The molecule has 3 aromatic rings. The van der Waals surface area contributed by atoms with Crippen molar-refractivity contribution in [3.05, 3.63) is 77.6 Å². The zero-order valence-corrected chi connectivity index (χ0v) is 24.8. The Morgan fingerprint density at radius 1 is 0.950 bits per heavy atom. The highest BCUT2D eigenvalue weighted by Gasteiger charge is 2.35. The number of pyridine rings is 1. The van der Waals surface area contributed by atoms with Crippen molar-refractivity contribution in [1.29, 1.82) is 0 Å². The van der Waals surface area contributed by atoms with E-state index in [0.29, 0.717) is 12.2 Å². The van der Waals surface area contributed by atoms with Gasteiger partial charge in [-0.25, -0.2) is 0 Å². The maximum Gasteiger partial charge on any atom is 0.311 e. The average Bonchev–Trinajstić information content (AvgIpc) is 2.93. The largest absolute Gasteiger partial charge is 0.482 e. The number of carbonyl (C=O) groups is 1. The van der Waals surface area contributed by atoms with Crippen LogP contribution in [0.1, 0.15) is 81.9 Å². The number of rotatable bonds is 11. The summed E-state index contributed by atoms with van der Waals surface area (Å²) in [6, 6.07) is 16.9. The minimum atomic E-state index is -0.491. The van der Waals surface area contributed by atoms with Gasteiger partial charge in [-0.05, 0) is 108 Å². The second-order valence-electron chi connectivity index (χ2n) is 11.5. The zero-order valence-electron chi connectivity index (χ0n) is 24.0. The van der Waals surface area contributed by atoms with Gasteiger partial charge >= 0.3 is 5.97 Å². The molecule has 1 saturated heterocycles. The number of halogens is 1. The molecule has 1 fully saturated rings. The van der Waals surface area contributed by atoms with Crippen molar-refractivity contribution in [2.45, 2.75) is 83.7 Å². The second kappa shape index (κ2) is 14.1. The van der Waals surface area contributed by atoms with Gasteiger partial charge < -0.3 is 14.4 Å². The molecule has 0 saturated carbocycles. The number of esters is 1. The Morgan fingerprint density at radius 3 is 2.48 bits per heavy atom. The van der Waals surface area contributed by atoms with E-state index in [9.17, 15) is 4.79 Å². The van der Waals surface area contributed by atoms with Crippen LogP contribution in [-0.2, 0) is 23.2 Å². The molecule has 5 nitrogen and oxygen atoms in total. The number of hydrogen-bond donors (Lipinski definition) is 0. The Bertz CT molecular complexity index is 1260. The zero-order chi connectivity index (χ0) is 27.1. The van der Waals surface area contributed by atoms with Crippen molar-refractivity contribution >= 4 is 18.4 Å². The molecule has 0 unspecified atom stereocenters. The fraction of sp³-hybridized carbons (Fsp3) is 0.471. The molecule has 2 aromatic carbocycles. The number of carbonyl (C=O) groups excluding carboxylic acids is 1. The summed E-state index contributed by atoms with van der Waals surface area (Å²) in [5.41, 5.74) is 4.93. The third kappa shape index (κ3) is 7.64. The first-order valence-electron chi connectivity index (χ1n) is 14.8. The van der Waals surface area contributed by atoms with Crippen LogP contribution < -0.4 is 9.47 Å². The highest BCUT2D eigenvalue weighted by molar-refractivity contribution is 5.85. The van der Waals surface area contributed by atoms with Crippen LogP contribution in [0.5, 0.6) is 11.5 Å². The number of fused-ring (bicyclic) bond motifs is 3. The number of hydrogen-bond acceptors (Lipinski definition) is 5. The monoisotopic (exact) mass is 562 g/mol. The van der Waals surface area contributed by atoms with Crippen molar-refractivity contribution < 1.29 is 14.3 Å². The summed E-state index contributed by atoms with van der Waals surface area (Å²) in [6.07, 6.45) is 14.2. The quantitative estimate of drug-likeness (QED) is 0.135. The molecule has 40 heavy (non-hydrogen) atoms. The van der Waals surface area contributed by atoms with Crippen molar-refractivity contribution in [2.75, 3.05) is 19.6 Å². The molecule has 5 rings (SSSR count). The number of ether oxygens (including phenoxy) is 2. The summed E-state index contributed by atoms with van der Waals surface area (Å²) in [7, 11) is 0. The molecular formula is C34H43ClN2O3. The molecule has 0 amide bonds. The third-order valence-electron chi connectivity index (χ3n) is 8.03. The van der Waals surface area contributed by atoms with Gasteiger partial charge in [0.15, 0.2) is 0 Å². The van der Waals surface area contributed by atoms with Gasteiger partial charge in [0.05, 0.1) is 5.56 Å². The van der Waals surface area contributed by atoms with Gasteiger partial charge in [-0.2, -0.15) is 0 Å². The number of aryl methyl sites for hydroxylation is 2. The highest BCUT2D eigenvalue weighted by Crippen LogP contribution is 2.49. The van der Waals surface area contributed by atoms with Crippen molar-refractivity contribution in [3.8, 4) is 22.6 Å². The fourth-order valence-corrected chi connectivity index (χ4v) is 5.95. The molecule has 0 atom stereocenters. The highest BCUT2D eigenvalue weighted by atomic mass is 35.5. The first kappa shape index (κ1) is 30.1. The molecule has 6 heteroatoms. The normalized spacial score (nSPS) is 15.8. The first-order chi connectivity index (χ1) is 19.0. The molecule has 0 spiro atoms. The van der Waals surface area contributed by atoms with E-state index in [1.165, 1.54) is 24.8 Å². The van der Waals surface area contributed by atoms with Crippen molar-refractivity contribution in [2.24, 2.45) is 0 Å². The lowest BCUT2D eigenvalue weighted by molar-refractivity contribution is -0.134. The lowest BCUT2D eigenvalue weighted by Gasteiger charge is -2.35. The molecule has 2 aliphatic heterocycles. The van der Waals surface area contributed by atoms with E-state index >= 15 is 0 Å². The van der Waals surface area contributed by atoms with Crippen LogP contribution in [0.4, 0.5) is 0 Å². The Balaban J connectivity index is 0.00000370. The Morgan fingerprint density at radius 2 is 1.70 bits per heavy atom. The molecule has 2 aliphatic rings. The van der Waals surface area contributed by atoms with Gasteiger partial charge in [-0.15, -0.1) is 12.4 Å². The summed E-state index contributed by atoms with van der Waals surface area (Å²) in [6.45, 7) is 7.41. The number of unbranched alkanes of at least 4 members (excludes halogenated alkanes) is 2. The van der Waals surface area contributed by atoms with Gasteiger partial charge in [0.2, 0.25) is 0 Å². The standard InChI is InChI=1S/C34H42N2O3.ClH/c1-34(2)29-18-19-35-25-28(29)33-30(38-32(37)17-12-22-36-20-10-5-11-21-36)23-27(24-31(33)39-34)16-9-4-8-15-26-13-6-3-7-14-26;/h3,6-7,13-14,18-19,23-25H,4-5,8-12,15-17,20-22H2,1-2H3;1H. The van der Waals surface area contributed by atoms with Crippen LogP contribution in [0.25, 0.3) is 11.1 Å². The maximum atomic E-state index is 13.0. The number of likely N-dealkylation sites (tertiary alicyclic amines) is 1. The van der Waals surface area contributed by atoms with Crippen molar-refractivity contribution in [1.82, 2.24) is 9.88 Å². The van der Waals surface area contributed by atoms with Crippen LogP contribution in [0.15, 0.2) is 60.9 Å². The van der Waals surface area contributed by atoms with Crippen LogP contribution in [0.3, 0.4) is 0 Å². The summed E-state index contributed by atoms with van der Waals surface area (Å²) in [5, 5.41) is 0. The maximum absolute atomic E-state index is 13.0. The number of piperidine rings is 1. The first-order valence-corrected chi connectivity index (χ1v) is 14.8.